The number of rotatable bonds is 6. The summed E-state index contributed by atoms with van der Waals surface area (Å²) < 4.78 is 9.77. The fourth-order valence-electron chi connectivity index (χ4n) is 1.11. The molecular weight excluding hydrogens is 196 g/mol. The number of nitrogens with zero attached hydrogens (tertiary/aromatic N) is 1. The van der Waals surface area contributed by atoms with Crippen molar-refractivity contribution in [3.63, 3.8) is 0 Å². The maximum atomic E-state index is 11.2. The molecule has 0 aliphatic carbocycles. The van der Waals surface area contributed by atoms with E-state index in [1.54, 1.807) is 19.2 Å². The third kappa shape index (κ3) is 4.12. The van der Waals surface area contributed by atoms with Crippen molar-refractivity contribution in [1.29, 1.82) is 0 Å². The fraction of sp³-hybridized carbons (Fsp3) is 0.600. The quantitative estimate of drug-likeness (QED) is 0.711. The highest BCUT2D eigenvalue weighted by atomic mass is 16.5. The van der Waals surface area contributed by atoms with E-state index in [1.807, 2.05) is 6.92 Å². The van der Waals surface area contributed by atoms with Crippen molar-refractivity contribution in [3.05, 3.63) is 18.0 Å². The van der Waals surface area contributed by atoms with E-state index < -0.39 is 0 Å². The summed E-state index contributed by atoms with van der Waals surface area (Å²) in [6.45, 7) is 5.19. The summed E-state index contributed by atoms with van der Waals surface area (Å²) in [6, 6.07) is 1.78. The molecule has 0 aliphatic heterocycles. The molecule has 5 nitrogen and oxygen atoms in total. The number of hydrogen-bond donors (Lipinski definition) is 1. The minimum Gasteiger partial charge on any atom is -0.466 e. The summed E-state index contributed by atoms with van der Waals surface area (Å²) in [6.07, 6.45) is 1.59. The predicted octanol–water partition coefficient (Wildman–Crippen LogP) is 0.963. The van der Waals surface area contributed by atoms with E-state index in [-0.39, 0.29) is 11.9 Å². The summed E-state index contributed by atoms with van der Waals surface area (Å²) in [4.78, 5) is 11.2. The molecule has 0 amide bonds. The zero-order valence-electron chi connectivity index (χ0n) is 9.03. The minimum absolute atomic E-state index is 0.145. The van der Waals surface area contributed by atoms with Crippen LogP contribution in [0.1, 0.15) is 19.6 Å². The van der Waals surface area contributed by atoms with Gasteiger partial charge in [0, 0.05) is 12.6 Å². The molecule has 1 heterocycles. The number of hydrogen-bond acceptors (Lipinski definition) is 5. The number of aromatic nitrogens is 1. The van der Waals surface area contributed by atoms with Crippen LogP contribution in [0.3, 0.4) is 0 Å². The van der Waals surface area contributed by atoms with Gasteiger partial charge in [0.2, 0.25) is 0 Å². The molecule has 1 rings (SSSR count). The molecule has 1 unspecified atom stereocenters. The molecule has 5 heteroatoms. The van der Waals surface area contributed by atoms with Gasteiger partial charge in [-0.2, -0.15) is 0 Å². The first kappa shape index (κ1) is 11.7. The Bertz CT molecular complexity index is 285. The Balaban J connectivity index is 2.17. The Kier molecular flexibility index (Phi) is 4.83. The zero-order valence-corrected chi connectivity index (χ0v) is 9.03. The number of carbonyl (C=O) groups excluding carboxylic acids is 1. The maximum absolute atomic E-state index is 11.2. The molecule has 0 radical (unpaired) electrons. The molecule has 1 atom stereocenters. The molecule has 0 bridgehead atoms. The summed E-state index contributed by atoms with van der Waals surface area (Å²) in [5.74, 6) is 0.432. The normalized spacial score (nSPS) is 12.4. The van der Waals surface area contributed by atoms with E-state index in [4.69, 9.17) is 9.26 Å². The third-order valence-electron chi connectivity index (χ3n) is 1.93. The van der Waals surface area contributed by atoms with Crippen LogP contribution in [0.25, 0.3) is 0 Å². The molecule has 0 spiro atoms. The zero-order chi connectivity index (χ0) is 11.1. The van der Waals surface area contributed by atoms with Crippen LogP contribution < -0.4 is 5.32 Å². The average molecular weight is 212 g/mol. The lowest BCUT2D eigenvalue weighted by molar-refractivity contribution is -0.147. The molecule has 0 aliphatic rings. The largest absolute Gasteiger partial charge is 0.466 e. The van der Waals surface area contributed by atoms with Crippen molar-refractivity contribution in [2.45, 2.75) is 20.4 Å². The van der Waals surface area contributed by atoms with Gasteiger partial charge < -0.3 is 14.6 Å². The van der Waals surface area contributed by atoms with Gasteiger partial charge in [-0.05, 0) is 6.92 Å². The molecule has 0 aromatic carbocycles. The Hall–Kier alpha value is -1.36. The lowest BCUT2D eigenvalue weighted by Gasteiger charge is -2.10. The first-order chi connectivity index (χ1) is 7.24. The van der Waals surface area contributed by atoms with Crippen LogP contribution in [-0.4, -0.2) is 24.3 Å². The second kappa shape index (κ2) is 6.19. The molecule has 1 N–H and O–H groups in total. The highest BCUT2D eigenvalue weighted by Crippen LogP contribution is 1.99. The Labute approximate surface area is 88.8 Å². The standard InChI is InChI=1S/C10H16N2O3/c1-3-14-10(13)8(2)6-11-7-9-4-5-12-15-9/h4-5,8,11H,3,6-7H2,1-2H3. The van der Waals surface area contributed by atoms with Gasteiger partial charge in [0.1, 0.15) is 5.76 Å². The summed E-state index contributed by atoms with van der Waals surface area (Å²) in [7, 11) is 0. The molecular formula is C10H16N2O3. The van der Waals surface area contributed by atoms with Crippen LogP contribution in [0.5, 0.6) is 0 Å². The highest BCUT2D eigenvalue weighted by molar-refractivity contribution is 5.72. The van der Waals surface area contributed by atoms with Crippen LogP contribution in [0.4, 0.5) is 0 Å². The average Bonchev–Trinajstić information content (AvgIpc) is 2.71. The molecule has 0 fully saturated rings. The molecule has 0 saturated carbocycles. The van der Waals surface area contributed by atoms with Crippen molar-refractivity contribution in [3.8, 4) is 0 Å². The molecule has 0 saturated heterocycles. The number of ether oxygens (including phenoxy) is 1. The van der Waals surface area contributed by atoms with Crippen molar-refractivity contribution < 1.29 is 14.1 Å². The van der Waals surface area contributed by atoms with Crippen LogP contribution in [0.15, 0.2) is 16.8 Å². The van der Waals surface area contributed by atoms with Gasteiger partial charge in [-0.15, -0.1) is 0 Å². The number of carbonyl (C=O) groups is 1. The second-order valence-electron chi connectivity index (χ2n) is 3.26. The second-order valence-corrected chi connectivity index (χ2v) is 3.26. The highest BCUT2D eigenvalue weighted by Gasteiger charge is 2.13. The molecule has 1 aromatic rings. The van der Waals surface area contributed by atoms with Crippen LogP contribution >= 0.6 is 0 Å². The van der Waals surface area contributed by atoms with E-state index >= 15 is 0 Å². The summed E-state index contributed by atoms with van der Waals surface area (Å²) in [5.41, 5.74) is 0. The lowest BCUT2D eigenvalue weighted by Crippen LogP contribution is -2.27. The van der Waals surface area contributed by atoms with Crippen molar-refractivity contribution in [2.24, 2.45) is 5.92 Å². The Morgan fingerprint density at radius 2 is 2.53 bits per heavy atom. The van der Waals surface area contributed by atoms with Gasteiger partial charge in [-0.3, -0.25) is 4.79 Å². The SMILES string of the molecule is CCOC(=O)C(C)CNCc1ccno1. The van der Waals surface area contributed by atoms with Crippen molar-refractivity contribution in [1.82, 2.24) is 10.5 Å². The third-order valence-corrected chi connectivity index (χ3v) is 1.93. The van der Waals surface area contributed by atoms with Crippen molar-refractivity contribution >= 4 is 5.97 Å². The van der Waals surface area contributed by atoms with Gasteiger partial charge in [0.25, 0.3) is 0 Å². The topological polar surface area (TPSA) is 64.4 Å². The smallest absolute Gasteiger partial charge is 0.309 e. The van der Waals surface area contributed by atoms with Gasteiger partial charge in [0.05, 0.1) is 25.3 Å². The van der Waals surface area contributed by atoms with E-state index in [0.29, 0.717) is 19.7 Å². The molecule has 84 valence electrons. The van der Waals surface area contributed by atoms with E-state index in [9.17, 15) is 4.79 Å². The van der Waals surface area contributed by atoms with Crippen molar-refractivity contribution in [2.75, 3.05) is 13.2 Å². The van der Waals surface area contributed by atoms with Crippen LogP contribution in [0.2, 0.25) is 0 Å². The molecule has 15 heavy (non-hydrogen) atoms. The van der Waals surface area contributed by atoms with E-state index in [1.165, 1.54) is 0 Å². The number of nitrogens with one attached hydrogen (secondary N) is 1. The predicted molar refractivity (Wildman–Crippen MR) is 54.0 cm³/mol. The first-order valence-corrected chi connectivity index (χ1v) is 5.01. The molecule has 1 aromatic heterocycles. The van der Waals surface area contributed by atoms with Gasteiger partial charge in [-0.1, -0.05) is 12.1 Å². The first-order valence-electron chi connectivity index (χ1n) is 5.01. The van der Waals surface area contributed by atoms with Crippen LogP contribution in [0, 0.1) is 5.92 Å². The number of esters is 1. The van der Waals surface area contributed by atoms with Gasteiger partial charge in [0.15, 0.2) is 0 Å². The summed E-state index contributed by atoms with van der Waals surface area (Å²) >= 11 is 0. The van der Waals surface area contributed by atoms with E-state index in [2.05, 4.69) is 10.5 Å². The lowest BCUT2D eigenvalue weighted by atomic mass is 10.2. The monoisotopic (exact) mass is 212 g/mol. The summed E-state index contributed by atoms with van der Waals surface area (Å²) in [5, 5.41) is 6.67. The Morgan fingerprint density at radius 1 is 1.73 bits per heavy atom. The van der Waals surface area contributed by atoms with E-state index in [0.717, 1.165) is 5.76 Å². The maximum Gasteiger partial charge on any atom is 0.309 e. The fourth-order valence-corrected chi connectivity index (χ4v) is 1.11. The Morgan fingerprint density at radius 3 is 3.13 bits per heavy atom. The minimum atomic E-state index is -0.178. The van der Waals surface area contributed by atoms with Gasteiger partial charge >= 0.3 is 5.97 Å². The van der Waals surface area contributed by atoms with Gasteiger partial charge in [-0.25, -0.2) is 0 Å². The van der Waals surface area contributed by atoms with Crippen LogP contribution in [-0.2, 0) is 16.1 Å².